The molecule has 0 saturated heterocycles. The Morgan fingerprint density at radius 3 is 2.30 bits per heavy atom. The van der Waals surface area contributed by atoms with Gasteiger partial charge < -0.3 is 18.8 Å². The number of esters is 1. The summed E-state index contributed by atoms with van der Waals surface area (Å²) in [5, 5.41) is 0. The normalized spacial score (nSPS) is 11.6. The van der Waals surface area contributed by atoms with Crippen molar-refractivity contribution >= 4 is 33.4 Å². The van der Waals surface area contributed by atoms with Crippen LogP contribution in [-0.4, -0.2) is 37.3 Å². The van der Waals surface area contributed by atoms with E-state index < -0.39 is 5.91 Å². The van der Waals surface area contributed by atoms with Gasteiger partial charge in [-0.2, -0.15) is 4.99 Å². The van der Waals surface area contributed by atoms with Crippen LogP contribution in [0.1, 0.15) is 28.4 Å². The number of rotatable bonds is 6. The van der Waals surface area contributed by atoms with Crippen LogP contribution < -0.4 is 14.3 Å². The average molecular weight is 429 g/mol. The van der Waals surface area contributed by atoms with Gasteiger partial charge >= 0.3 is 5.97 Å². The summed E-state index contributed by atoms with van der Waals surface area (Å²) < 4.78 is 18.3. The Hall–Kier alpha value is -3.13. The summed E-state index contributed by atoms with van der Waals surface area (Å²) in [6, 6.07) is 8.94. The standard InChI is InChI=1S/C22H24N2O5S/c1-6-29-19(25)12-24-18-8-13(2)7-14(3)20(18)30-22(24)23-21(26)15-9-16(27-4)11-17(10-15)28-5/h7-11H,6,12H2,1-5H3. The molecule has 8 heteroatoms. The van der Waals surface area contributed by atoms with Crippen LogP contribution in [0.5, 0.6) is 11.5 Å². The lowest BCUT2D eigenvalue weighted by Crippen LogP contribution is -2.23. The monoisotopic (exact) mass is 428 g/mol. The van der Waals surface area contributed by atoms with E-state index >= 15 is 0 Å². The lowest BCUT2D eigenvalue weighted by Gasteiger charge is -2.07. The first-order chi connectivity index (χ1) is 14.4. The van der Waals surface area contributed by atoms with Crippen molar-refractivity contribution in [3.8, 4) is 11.5 Å². The second kappa shape index (κ2) is 9.13. The third-order valence-electron chi connectivity index (χ3n) is 4.50. The fourth-order valence-electron chi connectivity index (χ4n) is 3.17. The van der Waals surface area contributed by atoms with E-state index in [0.717, 1.165) is 21.3 Å². The first-order valence-corrected chi connectivity index (χ1v) is 10.3. The van der Waals surface area contributed by atoms with Gasteiger partial charge in [-0.25, -0.2) is 0 Å². The molecule has 0 aliphatic carbocycles. The summed E-state index contributed by atoms with van der Waals surface area (Å²) >= 11 is 1.37. The number of benzene rings is 2. The number of carbonyl (C=O) groups is 2. The minimum Gasteiger partial charge on any atom is -0.497 e. The highest BCUT2D eigenvalue weighted by atomic mass is 32.1. The van der Waals surface area contributed by atoms with E-state index in [1.165, 1.54) is 25.6 Å². The highest BCUT2D eigenvalue weighted by Gasteiger charge is 2.15. The molecule has 30 heavy (non-hydrogen) atoms. The largest absolute Gasteiger partial charge is 0.497 e. The Labute approximate surface area is 178 Å². The van der Waals surface area contributed by atoms with E-state index in [9.17, 15) is 9.59 Å². The van der Waals surface area contributed by atoms with Crippen LogP contribution in [0.15, 0.2) is 35.3 Å². The van der Waals surface area contributed by atoms with E-state index in [1.54, 1.807) is 29.7 Å². The molecule has 0 unspecified atom stereocenters. The molecule has 158 valence electrons. The van der Waals surface area contributed by atoms with E-state index in [0.29, 0.717) is 21.9 Å². The van der Waals surface area contributed by atoms with Crippen LogP contribution in [-0.2, 0) is 16.1 Å². The number of aromatic nitrogens is 1. The average Bonchev–Trinajstić information content (AvgIpc) is 3.05. The van der Waals surface area contributed by atoms with E-state index in [4.69, 9.17) is 14.2 Å². The van der Waals surface area contributed by atoms with Gasteiger partial charge in [-0.1, -0.05) is 17.4 Å². The van der Waals surface area contributed by atoms with Gasteiger partial charge in [0.05, 0.1) is 31.0 Å². The zero-order valence-corrected chi connectivity index (χ0v) is 18.5. The van der Waals surface area contributed by atoms with Crippen molar-refractivity contribution < 1.29 is 23.8 Å². The zero-order chi connectivity index (χ0) is 21.8. The summed E-state index contributed by atoms with van der Waals surface area (Å²) in [5.74, 6) is 0.157. The predicted molar refractivity (Wildman–Crippen MR) is 115 cm³/mol. The smallest absolute Gasteiger partial charge is 0.326 e. The van der Waals surface area contributed by atoms with Gasteiger partial charge in [0, 0.05) is 11.6 Å². The molecule has 0 saturated carbocycles. The Kier molecular flexibility index (Phi) is 6.56. The summed E-state index contributed by atoms with van der Waals surface area (Å²) in [5.41, 5.74) is 3.30. The van der Waals surface area contributed by atoms with Crippen molar-refractivity contribution in [1.82, 2.24) is 4.57 Å². The number of hydrogen-bond acceptors (Lipinski definition) is 6. The molecule has 0 fully saturated rings. The number of ether oxygens (including phenoxy) is 3. The van der Waals surface area contributed by atoms with Crippen molar-refractivity contribution in [3.05, 3.63) is 51.8 Å². The Morgan fingerprint density at radius 2 is 1.70 bits per heavy atom. The van der Waals surface area contributed by atoms with E-state index in [2.05, 4.69) is 11.1 Å². The van der Waals surface area contributed by atoms with Crippen molar-refractivity contribution in [2.75, 3.05) is 20.8 Å². The third-order valence-corrected chi connectivity index (χ3v) is 5.73. The Balaban J connectivity index is 2.16. The van der Waals surface area contributed by atoms with Gasteiger partial charge in [0.25, 0.3) is 5.91 Å². The van der Waals surface area contributed by atoms with Crippen molar-refractivity contribution in [2.45, 2.75) is 27.3 Å². The fourth-order valence-corrected chi connectivity index (χ4v) is 4.25. The minimum atomic E-state index is -0.453. The molecule has 7 nitrogen and oxygen atoms in total. The summed E-state index contributed by atoms with van der Waals surface area (Å²) in [7, 11) is 3.04. The number of hydrogen-bond donors (Lipinski definition) is 0. The maximum atomic E-state index is 12.9. The second-order valence-electron chi connectivity index (χ2n) is 6.72. The maximum Gasteiger partial charge on any atom is 0.326 e. The van der Waals surface area contributed by atoms with Crippen molar-refractivity contribution in [3.63, 3.8) is 0 Å². The molecule has 0 spiro atoms. The molecule has 2 aromatic carbocycles. The molecule has 3 rings (SSSR count). The molecule has 0 aliphatic rings. The molecule has 0 aliphatic heterocycles. The molecule has 1 aromatic heterocycles. The molecular formula is C22H24N2O5S. The van der Waals surface area contributed by atoms with Crippen LogP contribution in [0.4, 0.5) is 0 Å². The van der Waals surface area contributed by atoms with Crippen LogP contribution in [0.25, 0.3) is 10.2 Å². The molecule has 0 bridgehead atoms. The highest BCUT2D eigenvalue weighted by Crippen LogP contribution is 2.25. The van der Waals surface area contributed by atoms with Crippen LogP contribution in [0.2, 0.25) is 0 Å². The summed E-state index contributed by atoms with van der Waals surface area (Å²) in [6.45, 7) is 6.01. The van der Waals surface area contributed by atoms with Crippen LogP contribution in [0, 0.1) is 13.8 Å². The summed E-state index contributed by atoms with van der Waals surface area (Å²) in [4.78, 5) is 29.9. The topological polar surface area (TPSA) is 79.1 Å². The van der Waals surface area contributed by atoms with Gasteiger partial charge in [0.1, 0.15) is 18.0 Å². The quantitative estimate of drug-likeness (QED) is 0.560. The van der Waals surface area contributed by atoms with Crippen molar-refractivity contribution in [2.24, 2.45) is 4.99 Å². The molecule has 0 atom stereocenters. The summed E-state index contributed by atoms with van der Waals surface area (Å²) in [6.07, 6.45) is 0. The number of nitrogens with zero attached hydrogens (tertiary/aromatic N) is 2. The van der Waals surface area contributed by atoms with E-state index in [1.807, 2.05) is 19.9 Å². The Bertz CT molecular complexity index is 1150. The molecule has 0 N–H and O–H groups in total. The van der Waals surface area contributed by atoms with Crippen LogP contribution in [0.3, 0.4) is 0 Å². The number of carbonyl (C=O) groups excluding carboxylic acids is 2. The van der Waals surface area contributed by atoms with Crippen molar-refractivity contribution in [1.29, 1.82) is 0 Å². The first-order valence-electron chi connectivity index (χ1n) is 9.44. The SMILES string of the molecule is CCOC(=O)Cn1c(=NC(=O)c2cc(OC)cc(OC)c2)sc2c(C)cc(C)cc21. The van der Waals surface area contributed by atoms with Gasteiger partial charge in [0.2, 0.25) is 0 Å². The minimum absolute atomic E-state index is 0.0235. The predicted octanol–water partition coefficient (Wildman–Crippen LogP) is 3.64. The maximum absolute atomic E-state index is 12.9. The van der Waals surface area contributed by atoms with Gasteiger partial charge in [-0.15, -0.1) is 0 Å². The first kappa shape index (κ1) is 21.6. The molecule has 3 aromatic rings. The zero-order valence-electron chi connectivity index (χ0n) is 17.6. The molecular weight excluding hydrogens is 404 g/mol. The van der Waals surface area contributed by atoms with Gasteiger partial charge in [-0.3, -0.25) is 9.59 Å². The fraction of sp³-hybridized carbons (Fsp3) is 0.318. The Morgan fingerprint density at radius 1 is 1.03 bits per heavy atom. The highest BCUT2D eigenvalue weighted by molar-refractivity contribution is 7.16. The van der Waals surface area contributed by atoms with Gasteiger partial charge in [0.15, 0.2) is 4.80 Å². The molecule has 1 amide bonds. The second-order valence-corrected chi connectivity index (χ2v) is 7.70. The number of amides is 1. The lowest BCUT2D eigenvalue weighted by molar-refractivity contribution is -0.143. The number of aryl methyl sites for hydroxylation is 2. The number of fused-ring (bicyclic) bond motifs is 1. The van der Waals surface area contributed by atoms with Crippen LogP contribution >= 0.6 is 11.3 Å². The number of thiazole rings is 1. The number of methoxy groups -OCH3 is 2. The molecule has 0 radical (unpaired) electrons. The lowest BCUT2D eigenvalue weighted by atomic mass is 10.1. The molecule has 1 heterocycles. The van der Waals surface area contributed by atoms with E-state index in [-0.39, 0.29) is 19.1 Å². The third kappa shape index (κ3) is 4.54. The van der Waals surface area contributed by atoms with Gasteiger partial charge in [-0.05, 0) is 50.1 Å².